The number of piperidine rings is 1. The van der Waals surface area contributed by atoms with E-state index in [9.17, 15) is 14.0 Å². The zero-order valence-electron chi connectivity index (χ0n) is 16.9. The van der Waals surface area contributed by atoms with Gasteiger partial charge in [0.25, 0.3) is 0 Å². The van der Waals surface area contributed by atoms with Gasteiger partial charge in [-0.25, -0.2) is 4.39 Å². The molecule has 158 valence electrons. The maximum absolute atomic E-state index is 13.4. The lowest BCUT2D eigenvalue weighted by Crippen LogP contribution is -2.53. The predicted molar refractivity (Wildman–Crippen MR) is 115 cm³/mol. The normalized spacial score (nSPS) is 22.4. The zero-order chi connectivity index (χ0) is 21.3. The first kappa shape index (κ1) is 20.7. The van der Waals surface area contributed by atoms with Crippen molar-refractivity contribution in [3.8, 4) is 0 Å². The Hall–Kier alpha value is -2.60. The van der Waals surface area contributed by atoms with Crippen LogP contribution < -0.4 is 4.90 Å². The van der Waals surface area contributed by atoms with Gasteiger partial charge in [0.15, 0.2) is 0 Å². The summed E-state index contributed by atoms with van der Waals surface area (Å²) in [6.07, 6.45) is 0.872. The third kappa shape index (κ3) is 4.15. The number of nitrogens with zero attached hydrogens (tertiary/aromatic N) is 3. The fraction of sp³-hybridized carbons (Fsp3) is 0.391. The van der Waals surface area contributed by atoms with Crippen LogP contribution >= 0.6 is 11.6 Å². The quantitative estimate of drug-likeness (QED) is 0.746. The molecule has 0 radical (unpaired) electrons. The maximum Gasteiger partial charge on any atom is 0.228 e. The SMILES string of the molecule is CN1C(=O)CCC(C(=O)N2CCN(c3ccc(Cl)cc3)CC2)C1c1ccc(F)cc1. The molecule has 2 aromatic carbocycles. The second-order valence-corrected chi connectivity index (χ2v) is 8.37. The molecular formula is C23H25ClFN3O2. The van der Waals surface area contributed by atoms with Gasteiger partial charge >= 0.3 is 0 Å². The molecule has 2 aliphatic heterocycles. The molecule has 5 nitrogen and oxygen atoms in total. The molecule has 0 aromatic heterocycles. The molecule has 0 N–H and O–H groups in total. The number of hydrogen-bond donors (Lipinski definition) is 0. The van der Waals surface area contributed by atoms with Gasteiger partial charge in [-0.05, 0) is 48.4 Å². The summed E-state index contributed by atoms with van der Waals surface area (Å²) in [5, 5.41) is 0.704. The topological polar surface area (TPSA) is 43.9 Å². The average Bonchev–Trinajstić information content (AvgIpc) is 2.76. The van der Waals surface area contributed by atoms with Gasteiger partial charge in [0, 0.05) is 50.4 Å². The molecule has 2 aliphatic rings. The lowest BCUT2D eigenvalue weighted by molar-refractivity contribution is -0.146. The van der Waals surface area contributed by atoms with Crippen molar-refractivity contribution >= 4 is 29.1 Å². The Morgan fingerprint density at radius 3 is 2.27 bits per heavy atom. The predicted octanol–water partition coefficient (Wildman–Crippen LogP) is 3.74. The van der Waals surface area contributed by atoms with E-state index in [1.54, 1.807) is 24.1 Å². The van der Waals surface area contributed by atoms with Crippen LogP contribution in [0.1, 0.15) is 24.4 Å². The van der Waals surface area contributed by atoms with Gasteiger partial charge in [-0.15, -0.1) is 0 Å². The van der Waals surface area contributed by atoms with Crippen molar-refractivity contribution < 1.29 is 14.0 Å². The smallest absolute Gasteiger partial charge is 0.228 e. The number of amides is 2. The van der Waals surface area contributed by atoms with Crippen molar-refractivity contribution in [2.45, 2.75) is 18.9 Å². The molecule has 7 heteroatoms. The van der Waals surface area contributed by atoms with E-state index in [1.165, 1.54) is 12.1 Å². The van der Waals surface area contributed by atoms with Gasteiger partial charge in [0.2, 0.25) is 11.8 Å². The Morgan fingerprint density at radius 2 is 1.63 bits per heavy atom. The molecule has 0 aliphatic carbocycles. The number of rotatable bonds is 3. The zero-order valence-corrected chi connectivity index (χ0v) is 17.7. The van der Waals surface area contributed by atoms with Crippen LogP contribution in [0.2, 0.25) is 5.02 Å². The van der Waals surface area contributed by atoms with Crippen molar-refractivity contribution in [3.63, 3.8) is 0 Å². The van der Waals surface area contributed by atoms with E-state index >= 15 is 0 Å². The third-order valence-corrected chi connectivity index (χ3v) is 6.42. The minimum atomic E-state index is -0.367. The number of carbonyl (C=O) groups excluding carboxylic acids is 2. The Kier molecular flexibility index (Phi) is 5.95. The average molecular weight is 430 g/mol. The lowest BCUT2D eigenvalue weighted by Gasteiger charge is -2.43. The summed E-state index contributed by atoms with van der Waals surface area (Å²) in [6.45, 7) is 2.75. The summed E-state index contributed by atoms with van der Waals surface area (Å²) in [4.78, 5) is 31.5. The van der Waals surface area contributed by atoms with Gasteiger partial charge in [0.1, 0.15) is 5.82 Å². The first-order valence-electron chi connectivity index (χ1n) is 10.2. The Bertz CT molecular complexity index is 911. The van der Waals surface area contributed by atoms with Crippen molar-refractivity contribution in [3.05, 3.63) is 64.9 Å². The van der Waals surface area contributed by atoms with E-state index in [-0.39, 0.29) is 29.6 Å². The molecule has 2 aromatic rings. The van der Waals surface area contributed by atoms with E-state index in [2.05, 4.69) is 4.90 Å². The summed E-state index contributed by atoms with van der Waals surface area (Å²) >= 11 is 5.98. The molecule has 4 rings (SSSR count). The molecule has 2 atom stereocenters. The molecule has 2 unspecified atom stereocenters. The first-order valence-corrected chi connectivity index (χ1v) is 10.6. The van der Waals surface area contributed by atoms with Gasteiger partial charge < -0.3 is 14.7 Å². The molecular weight excluding hydrogens is 405 g/mol. The molecule has 2 heterocycles. The van der Waals surface area contributed by atoms with Gasteiger partial charge in [-0.1, -0.05) is 23.7 Å². The van der Waals surface area contributed by atoms with Crippen LogP contribution in [0.4, 0.5) is 10.1 Å². The maximum atomic E-state index is 13.4. The van der Waals surface area contributed by atoms with Gasteiger partial charge in [-0.2, -0.15) is 0 Å². The summed E-state index contributed by atoms with van der Waals surface area (Å²) in [6, 6.07) is 13.5. The Morgan fingerprint density at radius 1 is 1.00 bits per heavy atom. The van der Waals surface area contributed by atoms with Crippen LogP contribution in [0.15, 0.2) is 48.5 Å². The monoisotopic (exact) mass is 429 g/mol. The minimum absolute atomic E-state index is 0.0148. The molecule has 0 bridgehead atoms. The lowest BCUT2D eigenvalue weighted by atomic mass is 9.83. The molecule has 2 fully saturated rings. The van der Waals surface area contributed by atoms with E-state index in [0.717, 1.165) is 24.3 Å². The second kappa shape index (κ2) is 8.64. The largest absolute Gasteiger partial charge is 0.368 e. The summed E-state index contributed by atoms with van der Waals surface area (Å²) in [7, 11) is 1.73. The molecule has 0 spiro atoms. The van der Waals surface area contributed by atoms with Crippen LogP contribution in [0.3, 0.4) is 0 Å². The van der Waals surface area contributed by atoms with E-state index in [4.69, 9.17) is 11.6 Å². The molecule has 2 amide bonds. The number of likely N-dealkylation sites (tertiary alicyclic amines) is 1. The van der Waals surface area contributed by atoms with E-state index in [1.807, 2.05) is 29.2 Å². The molecule has 2 saturated heterocycles. The van der Waals surface area contributed by atoms with Crippen LogP contribution in [0.5, 0.6) is 0 Å². The van der Waals surface area contributed by atoms with Crippen LogP contribution in [-0.2, 0) is 9.59 Å². The standard InChI is InChI=1S/C23H25ClFN3O2/c1-26-21(29)11-10-20(22(26)16-2-6-18(25)7-3-16)23(30)28-14-12-27(13-15-28)19-8-4-17(24)5-9-19/h2-9,20,22H,10-15H2,1H3. The van der Waals surface area contributed by atoms with Crippen LogP contribution in [-0.4, -0.2) is 54.8 Å². The summed E-state index contributed by atoms with van der Waals surface area (Å²) < 4.78 is 13.4. The third-order valence-electron chi connectivity index (χ3n) is 6.17. The van der Waals surface area contributed by atoms with E-state index < -0.39 is 0 Å². The number of carbonyl (C=O) groups is 2. The number of piperazine rings is 1. The highest BCUT2D eigenvalue weighted by atomic mass is 35.5. The molecule has 30 heavy (non-hydrogen) atoms. The van der Waals surface area contributed by atoms with Crippen LogP contribution in [0, 0.1) is 11.7 Å². The fourth-order valence-corrected chi connectivity index (χ4v) is 4.61. The minimum Gasteiger partial charge on any atom is -0.368 e. The van der Waals surface area contributed by atoms with Crippen molar-refractivity contribution in [2.75, 3.05) is 38.1 Å². The number of halogens is 2. The van der Waals surface area contributed by atoms with Crippen molar-refractivity contribution in [1.82, 2.24) is 9.80 Å². The summed E-state index contributed by atoms with van der Waals surface area (Å²) in [5.74, 6) is -0.564. The Balaban J connectivity index is 1.48. The molecule has 0 saturated carbocycles. The second-order valence-electron chi connectivity index (χ2n) is 7.93. The Labute approximate surface area is 181 Å². The highest BCUT2D eigenvalue weighted by Crippen LogP contribution is 2.37. The summed E-state index contributed by atoms with van der Waals surface area (Å²) in [5.41, 5.74) is 1.89. The van der Waals surface area contributed by atoms with Crippen molar-refractivity contribution in [1.29, 1.82) is 0 Å². The van der Waals surface area contributed by atoms with Gasteiger partial charge in [0.05, 0.1) is 12.0 Å². The van der Waals surface area contributed by atoms with Crippen LogP contribution in [0.25, 0.3) is 0 Å². The first-order chi connectivity index (χ1) is 14.4. The highest BCUT2D eigenvalue weighted by molar-refractivity contribution is 6.30. The van der Waals surface area contributed by atoms with E-state index in [0.29, 0.717) is 31.0 Å². The number of anilines is 1. The highest BCUT2D eigenvalue weighted by Gasteiger charge is 2.41. The number of benzene rings is 2. The number of hydrogen-bond acceptors (Lipinski definition) is 3. The fourth-order valence-electron chi connectivity index (χ4n) is 4.48. The van der Waals surface area contributed by atoms with Crippen molar-refractivity contribution in [2.24, 2.45) is 5.92 Å². The van der Waals surface area contributed by atoms with Gasteiger partial charge in [-0.3, -0.25) is 9.59 Å².